The molecule has 0 aliphatic carbocycles. The summed E-state index contributed by atoms with van der Waals surface area (Å²) in [6.07, 6.45) is 1.57. The molecular weight excluding hydrogens is 320 g/mol. The Kier molecular flexibility index (Phi) is 6.80. The molecule has 2 amide bonds. The number of ether oxygens (including phenoxy) is 1. The molecule has 0 atom stereocenters. The van der Waals surface area contributed by atoms with Crippen LogP contribution in [0.3, 0.4) is 0 Å². The zero-order valence-electron chi connectivity index (χ0n) is 15.1. The van der Waals surface area contributed by atoms with Gasteiger partial charge in [-0.05, 0) is 24.1 Å². The number of aliphatic imine (C=N–C) groups is 1. The van der Waals surface area contributed by atoms with E-state index in [4.69, 9.17) is 4.74 Å². The van der Waals surface area contributed by atoms with E-state index < -0.39 is 0 Å². The van der Waals surface area contributed by atoms with Crippen LogP contribution in [0.15, 0.2) is 29.3 Å². The number of nitrogens with zero attached hydrogens (tertiary/aromatic N) is 3. The van der Waals surface area contributed by atoms with Gasteiger partial charge in [0.2, 0.25) is 11.8 Å². The van der Waals surface area contributed by atoms with Gasteiger partial charge in [-0.3, -0.25) is 19.5 Å². The molecule has 2 rings (SSSR count). The number of amides is 2. The molecule has 1 fully saturated rings. The van der Waals surface area contributed by atoms with Crippen molar-refractivity contribution in [1.82, 2.24) is 15.1 Å². The average Bonchev–Trinajstić information content (AvgIpc) is 2.61. The second kappa shape index (κ2) is 9.05. The lowest BCUT2D eigenvalue weighted by atomic mass is 10.1. The van der Waals surface area contributed by atoms with Crippen molar-refractivity contribution in [3.05, 3.63) is 29.8 Å². The summed E-state index contributed by atoms with van der Waals surface area (Å²) < 4.78 is 5.16. The lowest BCUT2D eigenvalue weighted by Crippen LogP contribution is -2.46. The van der Waals surface area contributed by atoms with E-state index in [1.165, 1.54) is 4.90 Å². The van der Waals surface area contributed by atoms with Crippen LogP contribution < -0.4 is 10.1 Å². The van der Waals surface area contributed by atoms with E-state index in [0.717, 1.165) is 11.3 Å². The van der Waals surface area contributed by atoms with Crippen LogP contribution in [0.4, 0.5) is 0 Å². The van der Waals surface area contributed by atoms with Crippen LogP contribution in [0.25, 0.3) is 0 Å². The van der Waals surface area contributed by atoms with E-state index in [1.807, 2.05) is 36.2 Å². The molecule has 0 bridgehead atoms. The molecule has 0 saturated carbocycles. The Balaban J connectivity index is 1.84. The first kappa shape index (κ1) is 18.8. The maximum atomic E-state index is 11.8. The lowest BCUT2D eigenvalue weighted by molar-refractivity contribution is -0.147. The number of carbonyl (C=O) groups excluding carboxylic acids is 2. The maximum absolute atomic E-state index is 11.8. The molecule has 1 aromatic rings. The molecule has 7 heteroatoms. The van der Waals surface area contributed by atoms with Crippen LogP contribution in [0.5, 0.6) is 5.75 Å². The topological polar surface area (TPSA) is 74.2 Å². The van der Waals surface area contributed by atoms with Crippen molar-refractivity contribution in [2.24, 2.45) is 4.99 Å². The second-order valence-electron chi connectivity index (χ2n) is 5.97. The minimum atomic E-state index is -0.0837. The molecule has 7 nitrogen and oxygen atoms in total. The molecule has 0 aromatic heterocycles. The highest BCUT2D eigenvalue weighted by molar-refractivity contribution is 5.97. The molecule has 1 saturated heterocycles. The van der Waals surface area contributed by atoms with Gasteiger partial charge in [0, 0.05) is 46.6 Å². The fraction of sp³-hybridized carbons (Fsp3) is 0.500. The summed E-state index contributed by atoms with van der Waals surface area (Å²) >= 11 is 0. The average molecular weight is 346 g/mol. The number of rotatable bonds is 6. The van der Waals surface area contributed by atoms with Crippen LogP contribution in [0.1, 0.15) is 24.8 Å². The first-order valence-corrected chi connectivity index (χ1v) is 8.43. The molecule has 1 aliphatic rings. The highest BCUT2D eigenvalue weighted by Gasteiger charge is 2.25. The Morgan fingerprint density at radius 2 is 1.88 bits per heavy atom. The Morgan fingerprint density at radius 1 is 1.24 bits per heavy atom. The number of guanidine groups is 1. The molecule has 1 aromatic carbocycles. The van der Waals surface area contributed by atoms with Crippen molar-refractivity contribution < 1.29 is 14.3 Å². The summed E-state index contributed by atoms with van der Waals surface area (Å²) in [5, 5.41) is 3.21. The first-order valence-electron chi connectivity index (χ1n) is 8.43. The van der Waals surface area contributed by atoms with E-state index in [2.05, 4.69) is 10.3 Å². The number of piperidine rings is 1. The Morgan fingerprint density at radius 3 is 2.44 bits per heavy atom. The van der Waals surface area contributed by atoms with Gasteiger partial charge in [-0.25, -0.2) is 0 Å². The number of methoxy groups -OCH3 is 1. The van der Waals surface area contributed by atoms with E-state index in [9.17, 15) is 9.59 Å². The van der Waals surface area contributed by atoms with Gasteiger partial charge >= 0.3 is 0 Å². The number of hydrogen-bond acceptors (Lipinski definition) is 4. The summed E-state index contributed by atoms with van der Waals surface area (Å²) in [6.45, 7) is 1.54. The van der Waals surface area contributed by atoms with Gasteiger partial charge in [-0.1, -0.05) is 12.1 Å². The molecule has 0 unspecified atom stereocenters. The van der Waals surface area contributed by atoms with Crippen molar-refractivity contribution in [3.8, 4) is 5.75 Å². The highest BCUT2D eigenvalue weighted by atomic mass is 16.5. The van der Waals surface area contributed by atoms with Crippen molar-refractivity contribution >= 4 is 17.8 Å². The molecule has 1 N–H and O–H groups in total. The molecular formula is C18H26N4O3. The van der Waals surface area contributed by atoms with Gasteiger partial charge < -0.3 is 15.0 Å². The SMILES string of the molecule is CN=C(NCCN1C(=O)CCCC1=O)N(C)Cc1ccc(OC)cc1. The van der Waals surface area contributed by atoms with Crippen LogP contribution in [-0.4, -0.2) is 61.9 Å². The lowest BCUT2D eigenvalue weighted by Gasteiger charge is -2.26. The molecule has 0 radical (unpaired) electrons. The summed E-state index contributed by atoms with van der Waals surface area (Å²) in [4.78, 5) is 31.2. The monoisotopic (exact) mass is 346 g/mol. The summed E-state index contributed by atoms with van der Waals surface area (Å²) in [7, 11) is 5.30. The summed E-state index contributed by atoms with van der Waals surface area (Å²) in [5.74, 6) is 1.37. The van der Waals surface area contributed by atoms with Crippen LogP contribution in [0, 0.1) is 0 Å². The number of imide groups is 1. The molecule has 136 valence electrons. The summed E-state index contributed by atoms with van der Waals surface area (Å²) in [5.41, 5.74) is 1.13. The molecule has 1 aliphatic heterocycles. The Hall–Kier alpha value is -2.57. The first-order chi connectivity index (χ1) is 12.0. The Bertz CT molecular complexity index is 612. The minimum absolute atomic E-state index is 0.0837. The minimum Gasteiger partial charge on any atom is -0.497 e. The quantitative estimate of drug-likeness (QED) is 0.477. The predicted octanol–water partition coefficient (Wildman–Crippen LogP) is 1.24. The van der Waals surface area contributed by atoms with Crippen LogP contribution in [-0.2, 0) is 16.1 Å². The second-order valence-corrected chi connectivity index (χ2v) is 5.97. The third-order valence-corrected chi connectivity index (χ3v) is 4.15. The fourth-order valence-electron chi connectivity index (χ4n) is 2.79. The number of hydrogen-bond donors (Lipinski definition) is 1. The number of benzene rings is 1. The zero-order chi connectivity index (χ0) is 18.2. The van der Waals surface area contributed by atoms with E-state index in [0.29, 0.717) is 44.9 Å². The van der Waals surface area contributed by atoms with E-state index >= 15 is 0 Å². The largest absolute Gasteiger partial charge is 0.497 e. The molecule has 0 spiro atoms. The van der Waals surface area contributed by atoms with Gasteiger partial charge in [0.1, 0.15) is 5.75 Å². The van der Waals surface area contributed by atoms with Gasteiger partial charge in [-0.2, -0.15) is 0 Å². The normalized spacial score (nSPS) is 15.3. The standard InChI is InChI=1S/C18H26N4O3/c1-19-18(20-11-12-22-16(23)5-4-6-17(22)24)21(2)13-14-7-9-15(25-3)10-8-14/h7-10H,4-6,11-13H2,1-3H3,(H,19,20). The van der Waals surface area contributed by atoms with Gasteiger partial charge in [0.05, 0.1) is 7.11 Å². The summed E-state index contributed by atoms with van der Waals surface area (Å²) in [6, 6.07) is 7.86. The molecule has 25 heavy (non-hydrogen) atoms. The van der Waals surface area contributed by atoms with Gasteiger partial charge in [-0.15, -0.1) is 0 Å². The number of likely N-dealkylation sites (tertiary alicyclic amines) is 1. The van der Waals surface area contributed by atoms with Crippen LogP contribution in [0.2, 0.25) is 0 Å². The highest BCUT2D eigenvalue weighted by Crippen LogP contribution is 2.13. The van der Waals surface area contributed by atoms with E-state index in [1.54, 1.807) is 14.2 Å². The Labute approximate surface area is 148 Å². The third kappa shape index (κ3) is 5.20. The predicted molar refractivity (Wildman–Crippen MR) is 96.4 cm³/mol. The maximum Gasteiger partial charge on any atom is 0.229 e. The smallest absolute Gasteiger partial charge is 0.229 e. The van der Waals surface area contributed by atoms with Crippen LogP contribution >= 0.6 is 0 Å². The molecule has 1 heterocycles. The van der Waals surface area contributed by atoms with Gasteiger partial charge in [0.25, 0.3) is 0 Å². The third-order valence-electron chi connectivity index (χ3n) is 4.15. The van der Waals surface area contributed by atoms with Crippen molar-refractivity contribution in [2.75, 3.05) is 34.3 Å². The van der Waals surface area contributed by atoms with E-state index in [-0.39, 0.29) is 11.8 Å². The number of nitrogens with one attached hydrogen (secondary N) is 1. The zero-order valence-corrected chi connectivity index (χ0v) is 15.1. The van der Waals surface area contributed by atoms with Gasteiger partial charge in [0.15, 0.2) is 5.96 Å². The van der Waals surface area contributed by atoms with Crippen molar-refractivity contribution in [3.63, 3.8) is 0 Å². The fourth-order valence-corrected chi connectivity index (χ4v) is 2.79. The number of carbonyl (C=O) groups is 2. The van der Waals surface area contributed by atoms with Crippen molar-refractivity contribution in [1.29, 1.82) is 0 Å². The van der Waals surface area contributed by atoms with Crippen molar-refractivity contribution in [2.45, 2.75) is 25.8 Å².